The summed E-state index contributed by atoms with van der Waals surface area (Å²) in [6.07, 6.45) is 0.403. The minimum absolute atomic E-state index is 0.00903. The van der Waals surface area contributed by atoms with Crippen molar-refractivity contribution in [2.45, 2.75) is 46.3 Å². The number of hydrogen-bond acceptors (Lipinski definition) is 7. The third-order valence-electron chi connectivity index (χ3n) is 6.57. The van der Waals surface area contributed by atoms with Gasteiger partial charge in [0.2, 0.25) is 0 Å². The van der Waals surface area contributed by atoms with Crippen LogP contribution in [-0.2, 0) is 21.5 Å². The van der Waals surface area contributed by atoms with Gasteiger partial charge in [-0.05, 0) is 56.5 Å². The molecule has 1 amide bonds. The van der Waals surface area contributed by atoms with Crippen molar-refractivity contribution in [3.63, 3.8) is 0 Å². The normalized spacial score (nSPS) is 14.4. The molecule has 1 heterocycles. The molecular formula is C29H33FN2O6S. The highest BCUT2D eigenvalue weighted by Crippen LogP contribution is 2.46. The number of anilines is 2. The minimum Gasteiger partial charge on any atom is -0.492 e. The number of ether oxygens (including phenoxy) is 2. The highest BCUT2D eigenvalue weighted by molar-refractivity contribution is 7.87. The van der Waals surface area contributed by atoms with Gasteiger partial charge in [0.15, 0.2) is 11.5 Å². The molecule has 39 heavy (non-hydrogen) atoms. The lowest BCUT2D eigenvalue weighted by atomic mass is 9.91. The van der Waals surface area contributed by atoms with Crippen LogP contribution in [0.25, 0.3) is 11.1 Å². The lowest BCUT2D eigenvalue weighted by Crippen LogP contribution is -2.52. The van der Waals surface area contributed by atoms with Crippen molar-refractivity contribution in [2.75, 3.05) is 30.1 Å². The van der Waals surface area contributed by atoms with Crippen LogP contribution in [0, 0.1) is 12.7 Å². The maximum absolute atomic E-state index is 14.0. The number of amides is 1. The number of fused-ring (bicyclic) bond motifs is 1. The molecule has 4 rings (SSSR count). The SMILES string of the molecule is CCCS(=O)(=O)Oc1cccc(-c2ccc3c(c2COc2cc(F)ccc2C)N(C)C(=O)C(C)(C)N3)c1OC. The molecule has 0 spiro atoms. The van der Waals surface area contributed by atoms with E-state index in [1.165, 1.54) is 25.3 Å². The smallest absolute Gasteiger partial charge is 0.309 e. The fourth-order valence-electron chi connectivity index (χ4n) is 4.74. The van der Waals surface area contributed by atoms with Gasteiger partial charge in [0.25, 0.3) is 5.91 Å². The van der Waals surface area contributed by atoms with Crippen LogP contribution >= 0.6 is 0 Å². The summed E-state index contributed by atoms with van der Waals surface area (Å²) in [6, 6.07) is 13.0. The summed E-state index contributed by atoms with van der Waals surface area (Å²) in [6.45, 7) is 7.16. The zero-order valence-corrected chi connectivity index (χ0v) is 23.7. The van der Waals surface area contributed by atoms with Crippen molar-refractivity contribution in [2.24, 2.45) is 0 Å². The van der Waals surface area contributed by atoms with E-state index in [0.717, 1.165) is 11.3 Å². The van der Waals surface area contributed by atoms with Gasteiger partial charge in [-0.15, -0.1) is 0 Å². The van der Waals surface area contributed by atoms with Gasteiger partial charge in [0, 0.05) is 24.2 Å². The Morgan fingerprint density at radius 1 is 1.05 bits per heavy atom. The standard InChI is InChI=1S/C29H33FN2O6S/c1-7-15-39(34,35)38-24-10-8-9-21(27(24)36-6)20-13-14-23-26(32(5)28(33)29(3,4)31-23)22(20)17-37-25-16-19(30)12-11-18(25)2/h8-14,16,31H,7,15,17H2,1-6H3. The summed E-state index contributed by atoms with van der Waals surface area (Å²) in [5.74, 6) is -0.0754. The fourth-order valence-corrected chi connectivity index (χ4v) is 5.73. The van der Waals surface area contributed by atoms with Gasteiger partial charge in [-0.3, -0.25) is 4.79 Å². The number of benzene rings is 3. The first-order valence-electron chi connectivity index (χ1n) is 12.6. The third-order valence-corrected chi connectivity index (χ3v) is 7.91. The monoisotopic (exact) mass is 556 g/mol. The van der Waals surface area contributed by atoms with Crippen molar-refractivity contribution in [1.82, 2.24) is 0 Å². The van der Waals surface area contributed by atoms with E-state index in [1.807, 2.05) is 19.1 Å². The quantitative estimate of drug-likeness (QED) is 0.339. The van der Waals surface area contributed by atoms with E-state index in [0.29, 0.717) is 34.5 Å². The lowest BCUT2D eigenvalue weighted by Gasteiger charge is -2.39. The molecule has 0 aromatic heterocycles. The highest BCUT2D eigenvalue weighted by atomic mass is 32.2. The van der Waals surface area contributed by atoms with Gasteiger partial charge in [-0.2, -0.15) is 8.42 Å². The van der Waals surface area contributed by atoms with Gasteiger partial charge >= 0.3 is 10.1 Å². The molecule has 1 N–H and O–H groups in total. The first-order valence-corrected chi connectivity index (χ1v) is 14.2. The molecule has 1 aliphatic rings. The van der Waals surface area contributed by atoms with Crippen LogP contribution in [0.5, 0.6) is 17.2 Å². The maximum atomic E-state index is 14.0. The van der Waals surface area contributed by atoms with Crippen molar-refractivity contribution >= 4 is 27.4 Å². The second kappa shape index (κ2) is 10.8. The van der Waals surface area contributed by atoms with E-state index in [2.05, 4.69) is 5.32 Å². The first-order chi connectivity index (χ1) is 18.4. The molecule has 3 aromatic carbocycles. The summed E-state index contributed by atoms with van der Waals surface area (Å²) in [5, 5.41) is 3.30. The van der Waals surface area contributed by atoms with Crippen LogP contribution in [0.15, 0.2) is 48.5 Å². The number of nitrogens with one attached hydrogen (secondary N) is 1. The number of para-hydroxylation sites is 1. The summed E-state index contributed by atoms with van der Waals surface area (Å²) in [4.78, 5) is 14.8. The van der Waals surface area contributed by atoms with Crippen molar-refractivity contribution in [3.8, 4) is 28.4 Å². The number of methoxy groups -OCH3 is 1. The molecule has 0 saturated heterocycles. The number of hydrogen-bond donors (Lipinski definition) is 1. The topological polar surface area (TPSA) is 94.2 Å². The molecule has 0 atom stereocenters. The molecule has 8 nitrogen and oxygen atoms in total. The Bertz CT molecular complexity index is 1520. The van der Waals surface area contributed by atoms with E-state index < -0.39 is 21.5 Å². The number of rotatable bonds is 9. The van der Waals surface area contributed by atoms with E-state index in [4.69, 9.17) is 13.7 Å². The molecule has 0 aliphatic carbocycles. The highest BCUT2D eigenvalue weighted by Gasteiger charge is 2.39. The summed E-state index contributed by atoms with van der Waals surface area (Å²) in [5.41, 5.74) is 3.04. The van der Waals surface area contributed by atoms with Crippen LogP contribution in [0.4, 0.5) is 15.8 Å². The van der Waals surface area contributed by atoms with Crippen LogP contribution in [0.3, 0.4) is 0 Å². The summed E-state index contributed by atoms with van der Waals surface area (Å²) < 4.78 is 56.1. The Kier molecular flexibility index (Phi) is 7.79. The molecule has 208 valence electrons. The number of nitrogens with zero attached hydrogens (tertiary/aromatic N) is 1. The van der Waals surface area contributed by atoms with Gasteiger partial charge < -0.3 is 23.9 Å². The minimum atomic E-state index is -3.83. The van der Waals surface area contributed by atoms with Crippen LogP contribution in [-0.4, -0.2) is 39.8 Å². The second-order valence-corrected chi connectivity index (χ2v) is 11.7. The number of aryl methyl sites for hydroxylation is 1. The van der Waals surface area contributed by atoms with E-state index in [1.54, 1.807) is 50.9 Å². The molecule has 10 heteroatoms. The van der Waals surface area contributed by atoms with E-state index >= 15 is 0 Å². The average Bonchev–Trinajstić information content (AvgIpc) is 2.87. The fraction of sp³-hybridized carbons (Fsp3) is 0.345. The van der Waals surface area contributed by atoms with Crippen molar-refractivity contribution in [1.29, 1.82) is 0 Å². The third kappa shape index (κ3) is 5.66. The molecule has 0 saturated carbocycles. The lowest BCUT2D eigenvalue weighted by molar-refractivity contribution is -0.121. The molecule has 0 radical (unpaired) electrons. The molecule has 0 unspecified atom stereocenters. The van der Waals surface area contributed by atoms with Gasteiger partial charge in [-0.25, -0.2) is 4.39 Å². The van der Waals surface area contributed by atoms with Gasteiger partial charge in [-0.1, -0.05) is 31.2 Å². The largest absolute Gasteiger partial charge is 0.492 e. The predicted octanol–water partition coefficient (Wildman–Crippen LogP) is 5.67. The molecule has 3 aromatic rings. The van der Waals surface area contributed by atoms with Gasteiger partial charge in [0.1, 0.15) is 23.7 Å². The van der Waals surface area contributed by atoms with Crippen LogP contribution < -0.4 is 23.9 Å². The Labute approximate surface area is 228 Å². The summed E-state index contributed by atoms with van der Waals surface area (Å²) in [7, 11) is -0.702. The molecule has 0 fully saturated rings. The van der Waals surface area contributed by atoms with Gasteiger partial charge in [0.05, 0.1) is 24.2 Å². The molecular weight excluding hydrogens is 523 g/mol. The van der Waals surface area contributed by atoms with E-state index in [-0.39, 0.29) is 29.8 Å². The molecule has 0 bridgehead atoms. The predicted molar refractivity (Wildman–Crippen MR) is 150 cm³/mol. The zero-order chi connectivity index (χ0) is 28.5. The zero-order valence-electron chi connectivity index (χ0n) is 22.9. The number of likely N-dealkylation sites (N-methyl/N-ethyl adjacent to an activating group) is 1. The molecule has 1 aliphatic heterocycles. The van der Waals surface area contributed by atoms with Crippen molar-refractivity contribution in [3.05, 3.63) is 65.5 Å². The number of carbonyl (C=O) groups excluding carboxylic acids is 1. The Balaban J connectivity index is 1.90. The second-order valence-electron chi connectivity index (χ2n) is 9.98. The van der Waals surface area contributed by atoms with Crippen LogP contribution in [0.2, 0.25) is 0 Å². The number of carbonyl (C=O) groups is 1. The first kappa shape index (κ1) is 28.2. The van der Waals surface area contributed by atoms with Crippen LogP contribution in [0.1, 0.15) is 38.3 Å². The van der Waals surface area contributed by atoms with Crippen molar-refractivity contribution < 1.29 is 31.3 Å². The Morgan fingerprint density at radius 3 is 2.49 bits per heavy atom. The summed E-state index contributed by atoms with van der Waals surface area (Å²) >= 11 is 0. The number of halogens is 1. The maximum Gasteiger partial charge on any atom is 0.309 e. The Hall–Kier alpha value is -3.79. The average molecular weight is 557 g/mol. The Morgan fingerprint density at radius 2 is 1.79 bits per heavy atom. The van der Waals surface area contributed by atoms with E-state index in [9.17, 15) is 17.6 Å².